The summed E-state index contributed by atoms with van der Waals surface area (Å²) in [6.45, 7) is 0.568. The minimum absolute atomic E-state index is 0.0249. The average molecular weight is 277 g/mol. The van der Waals surface area contributed by atoms with Crippen LogP contribution in [0.4, 0.5) is 11.4 Å². The zero-order valence-corrected chi connectivity index (χ0v) is 10.7. The molecule has 1 aromatic carbocycles. The number of carbonyl (C=O) groups is 1. The number of hydrogen-bond acceptors (Lipinski definition) is 3. The summed E-state index contributed by atoms with van der Waals surface area (Å²) in [7, 11) is 0. The minimum Gasteiger partial charge on any atom is -0.396 e. The normalized spacial score (nSPS) is 20.6. The number of nitrogens with zero attached hydrogens (tertiary/aromatic N) is 1. The van der Waals surface area contributed by atoms with Gasteiger partial charge in [0.25, 0.3) is 0 Å². The molecular weight excluding hydrogens is 267 g/mol. The van der Waals surface area contributed by atoms with Crippen molar-refractivity contribution in [1.29, 1.82) is 0 Å². The van der Waals surface area contributed by atoms with Crippen LogP contribution in [0.3, 0.4) is 0 Å². The number of carbonyl (C=O) groups excluding carboxylic acids is 1. The maximum absolute atomic E-state index is 11.7. The number of nitrogen functional groups attached to an aromatic ring is 1. The average Bonchev–Trinajstić information content (AvgIpc) is 2.53. The fourth-order valence-electron chi connectivity index (χ4n) is 1.67. The largest absolute Gasteiger partial charge is 0.396 e. The van der Waals surface area contributed by atoms with Gasteiger partial charge in [-0.05, 0) is 12.1 Å². The number of nitrogens with two attached hydrogens (primary N) is 1. The summed E-state index contributed by atoms with van der Waals surface area (Å²) in [5.41, 5.74) is 6.64. The minimum atomic E-state index is 0.0249. The lowest BCUT2D eigenvalue weighted by Gasteiger charge is -2.17. The SMILES string of the molecule is Nc1c(Cl)cc(N2CC(S)CC2=O)cc1Cl. The van der Waals surface area contributed by atoms with Crippen LogP contribution in [0, 0.1) is 0 Å². The monoisotopic (exact) mass is 276 g/mol. The fourth-order valence-corrected chi connectivity index (χ4v) is 2.46. The van der Waals surface area contributed by atoms with Crippen LogP contribution in [-0.2, 0) is 4.79 Å². The third-order valence-electron chi connectivity index (χ3n) is 2.48. The third kappa shape index (κ3) is 2.10. The van der Waals surface area contributed by atoms with Crippen molar-refractivity contribution in [3.8, 4) is 0 Å². The van der Waals surface area contributed by atoms with Crippen LogP contribution in [0.25, 0.3) is 0 Å². The smallest absolute Gasteiger partial charge is 0.228 e. The van der Waals surface area contributed by atoms with Crippen molar-refractivity contribution in [3.63, 3.8) is 0 Å². The second kappa shape index (κ2) is 4.35. The van der Waals surface area contributed by atoms with Crippen LogP contribution in [-0.4, -0.2) is 17.7 Å². The van der Waals surface area contributed by atoms with Gasteiger partial charge in [0.1, 0.15) is 0 Å². The van der Waals surface area contributed by atoms with E-state index in [-0.39, 0.29) is 11.2 Å². The van der Waals surface area contributed by atoms with Crippen molar-refractivity contribution >= 4 is 53.1 Å². The Balaban J connectivity index is 2.38. The second-order valence-electron chi connectivity index (χ2n) is 3.69. The summed E-state index contributed by atoms with van der Waals surface area (Å²) < 4.78 is 0. The predicted octanol–water partition coefficient (Wildman–Crippen LogP) is 2.61. The van der Waals surface area contributed by atoms with E-state index in [0.717, 1.165) is 0 Å². The molecule has 1 fully saturated rings. The standard InChI is InChI=1S/C10H10Cl2N2OS/c11-7-1-5(2-8(12)10(7)13)14-4-6(16)3-9(14)15/h1-2,6,16H,3-4,13H2. The highest BCUT2D eigenvalue weighted by molar-refractivity contribution is 7.81. The van der Waals surface area contributed by atoms with Gasteiger partial charge in [0, 0.05) is 23.9 Å². The van der Waals surface area contributed by atoms with Gasteiger partial charge < -0.3 is 10.6 Å². The van der Waals surface area contributed by atoms with E-state index in [1.54, 1.807) is 17.0 Å². The molecule has 0 aromatic heterocycles. The highest BCUT2D eigenvalue weighted by Crippen LogP contribution is 2.34. The number of hydrogen-bond donors (Lipinski definition) is 2. The number of benzene rings is 1. The first kappa shape index (κ1) is 11.9. The first-order valence-corrected chi connectivity index (χ1v) is 5.99. The molecular formula is C10H10Cl2N2OS. The van der Waals surface area contributed by atoms with Crippen LogP contribution in [0.1, 0.15) is 6.42 Å². The third-order valence-corrected chi connectivity index (χ3v) is 3.45. The molecule has 3 nitrogen and oxygen atoms in total. The van der Waals surface area contributed by atoms with Crippen molar-refractivity contribution in [2.45, 2.75) is 11.7 Å². The molecule has 0 saturated carbocycles. The van der Waals surface area contributed by atoms with E-state index < -0.39 is 0 Å². The number of rotatable bonds is 1. The molecule has 1 aromatic rings. The number of halogens is 2. The summed E-state index contributed by atoms with van der Waals surface area (Å²) in [6, 6.07) is 3.29. The lowest BCUT2D eigenvalue weighted by Crippen LogP contribution is -2.24. The molecule has 1 unspecified atom stereocenters. The zero-order chi connectivity index (χ0) is 11.9. The Morgan fingerprint density at radius 2 is 1.94 bits per heavy atom. The summed E-state index contributed by atoms with van der Waals surface area (Å²) in [5, 5.41) is 0.776. The van der Waals surface area contributed by atoms with Crippen LogP contribution in [0.5, 0.6) is 0 Å². The maximum atomic E-state index is 11.7. The van der Waals surface area contributed by atoms with Gasteiger partial charge in [-0.15, -0.1) is 0 Å². The molecule has 1 aliphatic rings. The molecule has 1 amide bonds. The quantitative estimate of drug-likeness (QED) is 0.612. The Labute approximate surface area is 109 Å². The van der Waals surface area contributed by atoms with Gasteiger partial charge in [-0.1, -0.05) is 23.2 Å². The molecule has 16 heavy (non-hydrogen) atoms. The van der Waals surface area contributed by atoms with E-state index in [1.807, 2.05) is 0 Å². The molecule has 0 bridgehead atoms. The van der Waals surface area contributed by atoms with Crippen molar-refractivity contribution < 1.29 is 4.79 Å². The molecule has 1 saturated heterocycles. The van der Waals surface area contributed by atoms with Gasteiger partial charge in [-0.3, -0.25) is 4.79 Å². The summed E-state index contributed by atoms with van der Waals surface area (Å²) in [6.07, 6.45) is 0.433. The molecule has 6 heteroatoms. The van der Waals surface area contributed by atoms with Gasteiger partial charge in [0.2, 0.25) is 5.91 Å². The number of thiol groups is 1. The molecule has 1 atom stereocenters. The zero-order valence-electron chi connectivity index (χ0n) is 8.28. The second-order valence-corrected chi connectivity index (χ2v) is 5.23. The van der Waals surface area contributed by atoms with E-state index in [9.17, 15) is 4.79 Å². The van der Waals surface area contributed by atoms with E-state index in [2.05, 4.69) is 12.6 Å². The molecule has 0 radical (unpaired) electrons. The Morgan fingerprint density at radius 3 is 2.38 bits per heavy atom. The van der Waals surface area contributed by atoms with Gasteiger partial charge in [0.05, 0.1) is 15.7 Å². The van der Waals surface area contributed by atoms with E-state index in [4.69, 9.17) is 28.9 Å². The van der Waals surface area contributed by atoms with Gasteiger partial charge in [-0.2, -0.15) is 12.6 Å². The molecule has 2 rings (SSSR count). The predicted molar refractivity (Wildman–Crippen MR) is 70.6 cm³/mol. The van der Waals surface area contributed by atoms with Crippen molar-refractivity contribution in [3.05, 3.63) is 22.2 Å². The van der Waals surface area contributed by atoms with Crippen LogP contribution >= 0.6 is 35.8 Å². The fraction of sp³-hybridized carbons (Fsp3) is 0.300. The lowest BCUT2D eigenvalue weighted by atomic mass is 10.2. The summed E-state index contributed by atoms with van der Waals surface area (Å²) >= 11 is 16.1. The van der Waals surface area contributed by atoms with Crippen LogP contribution in [0.15, 0.2) is 12.1 Å². The van der Waals surface area contributed by atoms with Gasteiger partial charge in [-0.25, -0.2) is 0 Å². The van der Waals surface area contributed by atoms with E-state index in [1.165, 1.54) is 0 Å². The van der Waals surface area contributed by atoms with Crippen LogP contribution in [0.2, 0.25) is 10.0 Å². The highest BCUT2D eigenvalue weighted by Gasteiger charge is 2.28. The molecule has 0 spiro atoms. The van der Waals surface area contributed by atoms with Gasteiger partial charge >= 0.3 is 0 Å². The first-order chi connectivity index (χ1) is 7.49. The van der Waals surface area contributed by atoms with Crippen molar-refractivity contribution in [2.24, 2.45) is 0 Å². The molecule has 1 heterocycles. The summed E-state index contributed by atoms with van der Waals surface area (Å²) in [5.74, 6) is 0.0249. The Kier molecular flexibility index (Phi) is 3.24. The van der Waals surface area contributed by atoms with Crippen LogP contribution < -0.4 is 10.6 Å². The Morgan fingerprint density at radius 1 is 1.38 bits per heavy atom. The van der Waals surface area contributed by atoms with Crippen molar-refractivity contribution in [2.75, 3.05) is 17.2 Å². The molecule has 2 N–H and O–H groups in total. The molecule has 0 aliphatic carbocycles. The highest BCUT2D eigenvalue weighted by atomic mass is 35.5. The van der Waals surface area contributed by atoms with E-state index in [0.29, 0.717) is 34.4 Å². The lowest BCUT2D eigenvalue weighted by molar-refractivity contribution is -0.117. The topological polar surface area (TPSA) is 46.3 Å². The maximum Gasteiger partial charge on any atom is 0.228 e. The molecule has 1 aliphatic heterocycles. The Bertz CT molecular complexity index is 429. The Hall–Kier alpha value is -0.580. The van der Waals surface area contributed by atoms with E-state index >= 15 is 0 Å². The van der Waals surface area contributed by atoms with Gasteiger partial charge in [0.15, 0.2) is 0 Å². The number of anilines is 2. The molecule has 86 valence electrons. The number of amides is 1. The van der Waals surface area contributed by atoms with Crippen molar-refractivity contribution in [1.82, 2.24) is 0 Å². The summed E-state index contributed by atoms with van der Waals surface area (Å²) in [4.78, 5) is 13.3. The first-order valence-electron chi connectivity index (χ1n) is 4.72.